The molecule has 0 aromatic heterocycles. The summed E-state index contributed by atoms with van der Waals surface area (Å²) in [6, 6.07) is 0.640. The Morgan fingerprint density at radius 1 is 1.11 bits per heavy atom. The Kier molecular flexibility index (Phi) is 6.11. The fourth-order valence-electron chi connectivity index (χ4n) is 3.12. The summed E-state index contributed by atoms with van der Waals surface area (Å²) in [4.78, 5) is 14.1. The number of carbonyl (C=O) groups excluding carboxylic acids is 1. The lowest BCUT2D eigenvalue weighted by molar-refractivity contribution is -0.138. The van der Waals surface area contributed by atoms with Gasteiger partial charge in [0, 0.05) is 19.1 Å². The Bertz CT molecular complexity index is 267. The zero-order valence-corrected chi connectivity index (χ0v) is 12.2. The summed E-state index contributed by atoms with van der Waals surface area (Å²) in [7, 11) is 2.02. The molecule has 0 unspecified atom stereocenters. The number of nitrogens with zero attached hydrogens (tertiary/aromatic N) is 1. The standard InChI is InChI=1S/C15H28N2O2/c1-16-13-6-8-14(9-7-13)19-12-15(18)17-10-4-2-3-5-11-17/h13-14,16H,2-12H2,1H3. The second-order valence-corrected chi connectivity index (χ2v) is 5.87. The van der Waals surface area contributed by atoms with Gasteiger partial charge in [0.2, 0.25) is 5.91 Å². The molecule has 0 aromatic carbocycles. The zero-order chi connectivity index (χ0) is 13.5. The SMILES string of the molecule is CNC1CCC(OCC(=O)N2CCCCCC2)CC1. The maximum atomic E-state index is 12.1. The molecule has 2 fully saturated rings. The van der Waals surface area contributed by atoms with Crippen LogP contribution in [0.25, 0.3) is 0 Å². The van der Waals surface area contributed by atoms with Gasteiger partial charge in [-0.25, -0.2) is 0 Å². The summed E-state index contributed by atoms with van der Waals surface area (Å²) < 4.78 is 5.81. The Balaban J connectivity index is 1.65. The Labute approximate surface area is 116 Å². The first kappa shape index (κ1) is 14.8. The second kappa shape index (κ2) is 7.85. The van der Waals surface area contributed by atoms with Gasteiger partial charge < -0.3 is 15.0 Å². The number of rotatable bonds is 4. The van der Waals surface area contributed by atoms with Crippen LogP contribution in [0.15, 0.2) is 0 Å². The van der Waals surface area contributed by atoms with E-state index in [2.05, 4.69) is 5.32 Å². The first-order valence-electron chi connectivity index (χ1n) is 7.86. The summed E-state index contributed by atoms with van der Waals surface area (Å²) in [5, 5.41) is 3.32. The molecule has 4 heteroatoms. The number of ether oxygens (including phenoxy) is 1. The molecule has 0 atom stereocenters. The molecule has 110 valence electrons. The number of amides is 1. The first-order valence-corrected chi connectivity index (χ1v) is 7.86. The monoisotopic (exact) mass is 268 g/mol. The van der Waals surface area contributed by atoms with Crippen LogP contribution in [-0.4, -0.2) is 49.7 Å². The summed E-state index contributed by atoms with van der Waals surface area (Å²) in [5.41, 5.74) is 0. The van der Waals surface area contributed by atoms with E-state index in [-0.39, 0.29) is 12.5 Å². The highest BCUT2D eigenvalue weighted by Gasteiger charge is 2.22. The van der Waals surface area contributed by atoms with Crippen LogP contribution in [0.3, 0.4) is 0 Å². The van der Waals surface area contributed by atoms with Crippen molar-refractivity contribution in [1.29, 1.82) is 0 Å². The molecule has 19 heavy (non-hydrogen) atoms. The van der Waals surface area contributed by atoms with E-state index < -0.39 is 0 Å². The number of hydrogen-bond donors (Lipinski definition) is 1. The van der Waals surface area contributed by atoms with E-state index in [0.717, 1.165) is 38.8 Å². The lowest BCUT2D eigenvalue weighted by atomic mass is 9.93. The van der Waals surface area contributed by atoms with E-state index >= 15 is 0 Å². The van der Waals surface area contributed by atoms with E-state index in [1.54, 1.807) is 0 Å². The summed E-state index contributed by atoms with van der Waals surface area (Å²) >= 11 is 0. The predicted octanol–water partition coefficient (Wildman–Crippen LogP) is 1.94. The fraction of sp³-hybridized carbons (Fsp3) is 0.933. The highest BCUT2D eigenvalue weighted by Crippen LogP contribution is 2.21. The van der Waals surface area contributed by atoms with Crippen LogP contribution in [0.1, 0.15) is 51.4 Å². The van der Waals surface area contributed by atoms with Crippen LogP contribution in [0.4, 0.5) is 0 Å². The van der Waals surface area contributed by atoms with Crippen molar-refractivity contribution < 1.29 is 9.53 Å². The third kappa shape index (κ3) is 4.77. The molecule has 2 rings (SSSR count). The minimum atomic E-state index is 0.192. The predicted molar refractivity (Wildman–Crippen MR) is 76.1 cm³/mol. The zero-order valence-electron chi connectivity index (χ0n) is 12.2. The highest BCUT2D eigenvalue weighted by molar-refractivity contribution is 5.77. The van der Waals surface area contributed by atoms with Gasteiger partial charge in [0.1, 0.15) is 6.61 Å². The molecular formula is C15H28N2O2. The van der Waals surface area contributed by atoms with Crippen LogP contribution >= 0.6 is 0 Å². The maximum absolute atomic E-state index is 12.1. The largest absolute Gasteiger partial charge is 0.368 e. The van der Waals surface area contributed by atoms with Gasteiger partial charge in [0.25, 0.3) is 0 Å². The van der Waals surface area contributed by atoms with Gasteiger partial charge in [0.15, 0.2) is 0 Å². The minimum absolute atomic E-state index is 0.192. The number of hydrogen-bond acceptors (Lipinski definition) is 3. The van der Waals surface area contributed by atoms with Crippen molar-refractivity contribution in [1.82, 2.24) is 10.2 Å². The molecule has 1 N–H and O–H groups in total. The third-order valence-corrected chi connectivity index (χ3v) is 4.48. The van der Waals surface area contributed by atoms with Crippen molar-refractivity contribution in [3.63, 3.8) is 0 Å². The highest BCUT2D eigenvalue weighted by atomic mass is 16.5. The van der Waals surface area contributed by atoms with Crippen molar-refractivity contribution in [2.24, 2.45) is 0 Å². The van der Waals surface area contributed by atoms with Crippen LogP contribution in [0.2, 0.25) is 0 Å². The van der Waals surface area contributed by atoms with E-state index in [1.807, 2.05) is 11.9 Å². The number of likely N-dealkylation sites (tertiary alicyclic amines) is 1. The third-order valence-electron chi connectivity index (χ3n) is 4.48. The molecule has 1 saturated heterocycles. The maximum Gasteiger partial charge on any atom is 0.248 e. The van der Waals surface area contributed by atoms with E-state index in [9.17, 15) is 4.79 Å². The van der Waals surface area contributed by atoms with Crippen LogP contribution in [0, 0.1) is 0 Å². The first-order chi connectivity index (χ1) is 9.29. The van der Waals surface area contributed by atoms with Gasteiger partial charge in [0.05, 0.1) is 6.10 Å². The Morgan fingerprint density at radius 2 is 1.74 bits per heavy atom. The average Bonchev–Trinajstić information content (AvgIpc) is 2.74. The van der Waals surface area contributed by atoms with Gasteiger partial charge in [-0.15, -0.1) is 0 Å². The Morgan fingerprint density at radius 3 is 2.32 bits per heavy atom. The van der Waals surface area contributed by atoms with Crippen molar-refractivity contribution in [2.45, 2.75) is 63.5 Å². The Hall–Kier alpha value is -0.610. The molecule has 0 bridgehead atoms. The molecule has 2 aliphatic rings. The van der Waals surface area contributed by atoms with E-state index in [1.165, 1.54) is 25.7 Å². The number of nitrogens with one attached hydrogen (secondary N) is 1. The molecule has 1 amide bonds. The quantitative estimate of drug-likeness (QED) is 0.847. The van der Waals surface area contributed by atoms with Crippen LogP contribution in [0.5, 0.6) is 0 Å². The minimum Gasteiger partial charge on any atom is -0.368 e. The number of carbonyl (C=O) groups is 1. The van der Waals surface area contributed by atoms with Crippen LogP contribution < -0.4 is 5.32 Å². The molecule has 4 nitrogen and oxygen atoms in total. The smallest absolute Gasteiger partial charge is 0.248 e. The summed E-state index contributed by atoms with van der Waals surface area (Å²) in [5.74, 6) is 0.192. The van der Waals surface area contributed by atoms with Crippen molar-refractivity contribution >= 4 is 5.91 Å². The second-order valence-electron chi connectivity index (χ2n) is 5.87. The van der Waals surface area contributed by atoms with Crippen molar-refractivity contribution in [2.75, 3.05) is 26.7 Å². The molecule has 0 radical (unpaired) electrons. The molecule has 1 aliphatic carbocycles. The van der Waals surface area contributed by atoms with E-state index in [4.69, 9.17) is 4.74 Å². The van der Waals surface area contributed by atoms with Gasteiger partial charge in [-0.3, -0.25) is 4.79 Å². The van der Waals surface area contributed by atoms with Gasteiger partial charge >= 0.3 is 0 Å². The van der Waals surface area contributed by atoms with Crippen molar-refractivity contribution in [3.8, 4) is 0 Å². The molecule has 1 heterocycles. The van der Waals surface area contributed by atoms with Gasteiger partial charge in [-0.2, -0.15) is 0 Å². The van der Waals surface area contributed by atoms with Crippen molar-refractivity contribution in [3.05, 3.63) is 0 Å². The summed E-state index contributed by atoms with van der Waals surface area (Å²) in [6.45, 7) is 2.14. The molecule has 0 aromatic rings. The average molecular weight is 268 g/mol. The normalized spacial score (nSPS) is 29.0. The summed E-state index contributed by atoms with van der Waals surface area (Å²) in [6.07, 6.45) is 9.62. The lowest BCUT2D eigenvalue weighted by Crippen LogP contribution is -2.37. The molecular weight excluding hydrogens is 240 g/mol. The van der Waals surface area contributed by atoms with Crippen LogP contribution in [-0.2, 0) is 9.53 Å². The van der Waals surface area contributed by atoms with Gasteiger partial charge in [-0.05, 0) is 45.6 Å². The molecule has 0 spiro atoms. The fourth-order valence-corrected chi connectivity index (χ4v) is 3.12. The molecule has 1 saturated carbocycles. The van der Waals surface area contributed by atoms with E-state index in [0.29, 0.717) is 12.1 Å². The topological polar surface area (TPSA) is 41.6 Å². The van der Waals surface area contributed by atoms with Gasteiger partial charge in [-0.1, -0.05) is 12.8 Å². The lowest BCUT2D eigenvalue weighted by Gasteiger charge is -2.29. The molecule has 1 aliphatic heterocycles.